The lowest BCUT2D eigenvalue weighted by atomic mass is 10.6. The largest absolute Gasteiger partial charge is 0.381 e. The van der Waals surface area contributed by atoms with Gasteiger partial charge in [0.05, 0.1) is 12.5 Å². The highest BCUT2D eigenvalue weighted by molar-refractivity contribution is 6.29. The molecule has 5 nitrogen and oxygen atoms in total. The number of nitrogens with two attached hydrogens (primary N) is 1. The van der Waals surface area contributed by atoms with Gasteiger partial charge >= 0.3 is 0 Å². The van der Waals surface area contributed by atoms with Crippen LogP contribution in [0.3, 0.4) is 0 Å². The predicted octanol–water partition coefficient (Wildman–Crippen LogP) is 0.934. The van der Waals surface area contributed by atoms with Gasteiger partial charge in [-0.15, -0.1) is 0 Å². The highest BCUT2D eigenvalue weighted by Crippen LogP contribution is 2.17. The van der Waals surface area contributed by atoms with Crippen molar-refractivity contribution < 1.29 is 0 Å². The van der Waals surface area contributed by atoms with E-state index in [1.54, 1.807) is 11.2 Å². The van der Waals surface area contributed by atoms with Gasteiger partial charge in [-0.3, -0.25) is 0 Å². The Hall–Kier alpha value is -1.36. The maximum atomic E-state index is 5.56. The molecule has 0 bridgehead atoms. The summed E-state index contributed by atoms with van der Waals surface area (Å²) in [5, 5.41) is 0.265. The molecule has 0 aliphatic carbocycles. The molecule has 1 rings (SSSR count). The van der Waals surface area contributed by atoms with Crippen molar-refractivity contribution in [3.05, 3.63) is 11.3 Å². The monoisotopic (exact) mass is 199 g/mol. The van der Waals surface area contributed by atoms with Gasteiger partial charge in [0, 0.05) is 14.1 Å². The fourth-order valence-corrected chi connectivity index (χ4v) is 0.784. The van der Waals surface area contributed by atoms with Crippen LogP contribution in [0.2, 0.25) is 5.15 Å². The summed E-state index contributed by atoms with van der Waals surface area (Å²) >= 11 is 5.56. The number of halogens is 1. The minimum absolute atomic E-state index is 0.227. The third-order valence-corrected chi connectivity index (χ3v) is 1.34. The molecule has 0 saturated carbocycles. The van der Waals surface area contributed by atoms with Crippen molar-refractivity contribution >= 4 is 29.6 Å². The van der Waals surface area contributed by atoms with E-state index >= 15 is 0 Å². The zero-order chi connectivity index (χ0) is 9.84. The van der Waals surface area contributed by atoms with Gasteiger partial charge in [-0.05, 0) is 0 Å². The Morgan fingerprint density at radius 2 is 2.31 bits per heavy atom. The van der Waals surface area contributed by atoms with Gasteiger partial charge < -0.3 is 10.6 Å². The van der Waals surface area contributed by atoms with Crippen LogP contribution in [0.15, 0.2) is 11.2 Å². The van der Waals surface area contributed by atoms with Crippen molar-refractivity contribution in [3.63, 3.8) is 0 Å². The van der Waals surface area contributed by atoms with Crippen molar-refractivity contribution in [3.8, 4) is 0 Å². The van der Waals surface area contributed by atoms with Crippen molar-refractivity contribution in [2.24, 2.45) is 4.99 Å². The number of nitrogen functional groups attached to an aromatic ring is 1. The highest BCUT2D eigenvalue weighted by atomic mass is 35.5. The second-order valence-corrected chi connectivity index (χ2v) is 3.00. The topological polar surface area (TPSA) is 67.4 Å². The Balaban J connectivity index is 2.90. The van der Waals surface area contributed by atoms with E-state index in [1.165, 1.54) is 6.20 Å². The average Bonchev–Trinajstić information content (AvgIpc) is 2.02. The Kier molecular flexibility index (Phi) is 3.02. The molecule has 1 heterocycles. The molecule has 0 saturated heterocycles. The minimum atomic E-state index is 0.227. The average molecular weight is 200 g/mol. The van der Waals surface area contributed by atoms with Crippen molar-refractivity contribution in [1.29, 1.82) is 0 Å². The second kappa shape index (κ2) is 4.04. The van der Waals surface area contributed by atoms with Crippen LogP contribution in [0, 0.1) is 0 Å². The molecule has 6 heteroatoms. The molecule has 0 amide bonds. The van der Waals surface area contributed by atoms with Gasteiger partial charge in [-0.1, -0.05) is 11.6 Å². The molecule has 70 valence electrons. The number of nitrogens with zero attached hydrogens (tertiary/aromatic N) is 4. The summed E-state index contributed by atoms with van der Waals surface area (Å²) in [6.07, 6.45) is 2.99. The van der Waals surface area contributed by atoms with E-state index in [0.29, 0.717) is 5.82 Å². The molecule has 0 radical (unpaired) electrons. The number of anilines is 1. The molecule has 0 fully saturated rings. The second-order valence-electron chi connectivity index (χ2n) is 2.61. The Morgan fingerprint density at radius 1 is 1.62 bits per heavy atom. The SMILES string of the molecule is CN(C)/C=N/c1ncc(Cl)nc1N. The summed E-state index contributed by atoms with van der Waals surface area (Å²) in [7, 11) is 3.70. The van der Waals surface area contributed by atoms with E-state index in [4.69, 9.17) is 17.3 Å². The van der Waals surface area contributed by atoms with Crippen LogP contribution < -0.4 is 5.73 Å². The van der Waals surface area contributed by atoms with Gasteiger partial charge in [0.1, 0.15) is 5.15 Å². The van der Waals surface area contributed by atoms with Crippen LogP contribution in [-0.2, 0) is 0 Å². The van der Waals surface area contributed by atoms with Gasteiger partial charge in [0.15, 0.2) is 11.6 Å². The zero-order valence-corrected chi connectivity index (χ0v) is 8.15. The van der Waals surface area contributed by atoms with Crippen LogP contribution >= 0.6 is 11.6 Å². The first-order valence-corrected chi connectivity index (χ1v) is 3.96. The summed E-state index contributed by atoms with van der Waals surface area (Å²) in [6.45, 7) is 0. The van der Waals surface area contributed by atoms with Crippen LogP contribution in [-0.4, -0.2) is 35.3 Å². The first-order chi connectivity index (χ1) is 6.09. The van der Waals surface area contributed by atoms with Crippen LogP contribution in [0.5, 0.6) is 0 Å². The number of rotatable bonds is 2. The van der Waals surface area contributed by atoms with E-state index in [2.05, 4.69) is 15.0 Å². The molecule has 1 aromatic heterocycles. The summed E-state index contributed by atoms with van der Waals surface area (Å²) < 4.78 is 0. The fraction of sp³-hybridized carbons (Fsp3) is 0.286. The Labute approximate surface area is 81.3 Å². The third-order valence-electron chi connectivity index (χ3n) is 1.16. The molecule has 0 spiro atoms. The van der Waals surface area contributed by atoms with Crippen LogP contribution in [0.1, 0.15) is 0 Å². The Bertz CT molecular complexity index is 323. The molecular formula is C7H10ClN5. The van der Waals surface area contributed by atoms with Gasteiger partial charge in [-0.2, -0.15) is 0 Å². The van der Waals surface area contributed by atoms with Crippen LogP contribution in [0.25, 0.3) is 0 Å². The lowest BCUT2D eigenvalue weighted by molar-refractivity contribution is 0.643. The lowest BCUT2D eigenvalue weighted by Gasteiger charge is -2.02. The minimum Gasteiger partial charge on any atom is -0.381 e. The smallest absolute Gasteiger partial charge is 0.196 e. The van der Waals surface area contributed by atoms with Crippen molar-refractivity contribution in [2.75, 3.05) is 19.8 Å². The lowest BCUT2D eigenvalue weighted by Crippen LogP contribution is -2.07. The molecule has 0 aliphatic heterocycles. The first kappa shape index (κ1) is 9.73. The molecule has 1 aromatic rings. The quantitative estimate of drug-likeness (QED) is 0.569. The molecule has 2 N–H and O–H groups in total. The van der Waals surface area contributed by atoms with E-state index in [1.807, 2.05) is 14.1 Å². The summed E-state index contributed by atoms with van der Waals surface area (Å²) in [5.41, 5.74) is 5.52. The number of aliphatic imine (C=N–C) groups is 1. The molecular weight excluding hydrogens is 190 g/mol. The zero-order valence-electron chi connectivity index (χ0n) is 7.40. The summed E-state index contributed by atoms with van der Waals surface area (Å²) in [6, 6.07) is 0. The van der Waals surface area contributed by atoms with E-state index in [0.717, 1.165) is 0 Å². The summed E-state index contributed by atoms with van der Waals surface area (Å²) in [4.78, 5) is 13.5. The standard InChI is InChI=1S/C7H10ClN5/c1-13(2)4-11-7-6(9)12-5(8)3-10-7/h3-4H,1-2H3,(H2,9,12)/b11-4+. The normalized spacial score (nSPS) is 10.7. The van der Waals surface area contributed by atoms with E-state index in [-0.39, 0.29) is 11.0 Å². The fourth-order valence-electron chi connectivity index (χ4n) is 0.644. The van der Waals surface area contributed by atoms with Crippen molar-refractivity contribution in [2.45, 2.75) is 0 Å². The molecule has 0 atom stereocenters. The van der Waals surface area contributed by atoms with Gasteiger partial charge in [0.25, 0.3) is 0 Å². The number of hydrogen-bond acceptors (Lipinski definition) is 4. The molecule has 13 heavy (non-hydrogen) atoms. The Morgan fingerprint density at radius 3 is 2.85 bits per heavy atom. The van der Waals surface area contributed by atoms with Gasteiger partial charge in [0.2, 0.25) is 0 Å². The van der Waals surface area contributed by atoms with Crippen molar-refractivity contribution in [1.82, 2.24) is 14.9 Å². The number of hydrogen-bond donors (Lipinski definition) is 1. The van der Waals surface area contributed by atoms with E-state index in [9.17, 15) is 0 Å². The van der Waals surface area contributed by atoms with Gasteiger partial charge in [-0.25, -0.2) is 15.0 Å². The van der Waals surface area contributed by atoms with Crippen LogP contribution in [0.4, 0.5) is 11.6 Å². The molecule has 0 aromatic carbocycles. The third kappa shape index (κ3) is 2.87. The molecule has 0 aliphatic rings. The number of aromatic nitrogens is 2. The highest BCUT2D eigenvalue weighted by Gasteiger charge is 1.99. The molecule has 0 unspecified atom stereocenters. The summed E-state index contributed by atoms with van der Waals surface area (Å²) in [5.74, 6) is 0.601. The first-order valence-electron chi connectivity index (χ1n) is 3.58. The maximum Gasteiger partial charge on any atom is 0.196 e. The maximum absolute atomic E-state index is 5.56. The van der Waals surface area contributed by atoms with E-state index < -0.39 is 0 Å². The predicted molar refractivity (Wildman–Crippen MR) is 53.3 cm³/mol.